The van der Waals surface area contributed by atoms with Crippen LogP contribution in [0.2, 0.25) is 0 Å². The molecule has 31 heavy (non-hydrogen) atoms. The number of nitrogens with zero attached hydrogens (tertiary/aromatic N) is 1. The van der Waals surface area contributed by atoms with Crippen LogP contribution in [-0.4, -0.2) is 43.9 Å². The van der Waals surface area contributed by atoms with Crippen molar-refractivity contribution < 1.29 is 17.9 Å². The molecule has 0 heterocycles. The van der Waals surface area contributed by atoms with Gasteiger partial charge in [-0.3, -0.25) is 10.1 Å². The summed E-state index contributed by atoms with van der Waals surface area (Å²) in [6, 6.07) is 11.1. The van der Waals surface area contributed by atoms with E-state index in [9.17, 15) is 13.2 Å². The predicted octanol–water partition coefficient (Wildman–Crippen LogP) is 3.95. The minimum absolute atomic E-state index is 0.0579. The van der Waals surface area contributed by atoms with Gasteiger partial charge < -0.3 is 10.1 Å². The average molecular weight is 524 g/mol. The lowest BCUT2D eigenvalue weighted by atomic mass is 10.2. The number of ether oxygens (including phenoxy) is 1. The van der Waals surface area contributed by atoms with Gasteiger partial charge in [-0.2, -0.15) is 4.31 Å². The summed E-state index contributed by atoms with van der Waals surface area (Å²) in [5.74, 6) is -0.0407. The van der Waals surface area contributed by atoms with Crippen LogP contribution >= 0.6 is 28.1 Å². The van der Waals surface area contributed by atoms with Gasteiger partial charge in [0.05, 0.1) is 17.6 Å². The molecule has 0 atom stereocenters. The number of amides is 1. The third-order valence-corrected chi connectivity index (χ3v) is 6.59. The van der Waals surface area contributed by atoms with Gasteiger partial charge in [-0.15, -0.1) is 13.2 Å². The zero-order chi connectivity index (χ0) is 23.0. The van der Waals surface area contributed by atoms with E-state index in [2.05, 4.69) is 39.7 Å². The van der Waals surface area contributed by atoms with Crippen LogP contribution in [0.1, 0.15) is 10.4 Å². The first-order valence-electron chi connectivity index (χ1n) is 9.00. The number of sulfonamides is 1. The van der Waals surface area contributed by atoms with Gasteiger partial charge in [0.15, 0.2) is 5.11 Å². The number of nitrogens with one attached hydrogen (secondary N) is 2. The lowest BCUT2D eigenvalue weighted by Gasteiger charge is -2.19. The number of rotatable bonds is 9. The summed E-state index contributed by atoms with van der Waals surface area (Å²) in [7, 11) is -2.23. The molecule has 0 aliphatic rings. The van der Waals surface area contributed by atoms with E-state index < -0.39 is 15.9 Å². The maximum atomic E-state index is 12.7. The van der Waals surface area contributed by atoms with Crippen molar-refractivity contribution in [2.45, 2.75) is 4.90 Å². The Labute approximate surface area is 196 Å². The summed E-state index contributed by atoms with van der Waals surface area (Å²) in [4.78, 5) is 12.6. The van der Waals surface area contributed by atoms with Crippen LogP contribution in [0.4, 0.5) is 5.69 Å². The minimum atomic E-state index is -3.70. The second-order valence-corrected chi connectivity index (χ2v) is 9.44. The highest BCUT2D eigenvalue weighted by molar-refractivity contribution is 9.10. The molecule has 164 valence electrons. The number of benzene rings is 2. The van der Waals surface area contributed by atoms with Gasteiger partial charge in [-0.1, -0.05) is 28.1 Å². The molecule has 0 aliphatic carbocycles. The highest BCUT2D eigenvalue weighted by Crippen LogP contribution is 2.23. The van der Waals surface area contributed by atoms with Crippen molar-refractivity contribution >= 4 is 54.9 Å². The van der Waals surface area contributed by atoms with E-state index >= 15 is 0 Å². The van der Waals surface area contributed by atoms with E-state index in [1.54, 1.807) is 30.3 Å². The van der Waals surface area contributed by atoms with E-state index in [4.69, 9.17) is 17.0 Å². The number of carbonyl (C=O) groups is 1. The van der Waals surface area contributed by atoms with Crippen LogP contribution in [0.15, 0.2) is 77.1 Å². The Morgan fingerprint density at radius 3 is 2.32 bits per heavy atom. The first-order chi connectivity index (χ1) is 14.7. The molecule has 0 aliphatic heterocycles. The highest BCUT2D eigenvalue weighted by atomic mass is 79.9. The largest absolute Gasteiger partial charge is 0.496 e. The number of hydrogen-bond donors (Lipinski definition) is 2. The molecular weight excluding hydrogens is 502 g/mol. The second kappa shape index (κ2) is 11.2. The molecule has 0 saturated heterocycles. The number of methoxy groups -OCH3 is 1. The molecule has 2 rings (SSSR count). The summed E-state index contributed by atoms with van der Waals surface area (Å²) in [6.07, 6.45) is 3.02. The average Bonchev–Trinajstić information content (AvgIpc) is 2.73. The van der Waals surface area contributed by atoms with Gasteiger partial charge in [0, 0.05) is 23.2 Å². The molecule has 1 amide bonds. The molecule has 7 nitrogen and oxygen atoms in total. The molecule has 0 unspecified atom stereocenters. The number of carbonyl (C=O) groups excluding carboxylic acids is 1. The Bertz CT molecular complexity index is 1080. The van der Waals surface area contributed by atoms with Gasteiger partial charge in [-0.05, 0) is 54.7 Å². The smallest absolute Gasteiger partial charge is 0.261 e. The Morgan fingerprint density at radius 2 is 1.77 bits per heavy atom. The van der Waals surface area contributed by atoms with Crippen molar-refractivity contribution in [2.75, 3.05) is 25.5 Å². The minimum Gasteiger partial charge on any atom is -0.496 e. The number of thiocarbonyl (C=S) groups is 1. The summed E-state index contributed by atoms with van der Waals surface area (Å²) in [5.41, 5.74) is 0.830. The lowest BCUT2D eigenvalue weighted by Crippen LogP contribution is -2.34. The van der Waals surface area contributed by atoms with Crippen LogP contribution in [-0.2, 0) is 10.0 Å². The van der Waals surface area contributed by atoms with E-state index in [0.717, 1.165) is 4.47 Å². The van der Waals surface area contributed by atoms with E-state index in [-0.39, 0.29) is 23.1 Å². The first-order valence-corrected chi connectivity index (χ1v) is 11.6. The van der Waals surface area contributed by atoms with Gasteiger partial charge in [-0.25, -0.2) is 8.42 Å². The SMILES string of the molecule is C=CCN(CC=C)S(=O)(=O)c1ccc(NC(=S)NC(=O)c2cc(Br)ccc2OC)cc1. The summed E-state index contributed by atoms with van der Waals surface area (Å²) in [5, 5.41) is 5.49. The predicted molar refractivity (Wildman–Crippen MR) is 130 cm³/mol. The topological polar surface area (TPSA) is 87.7 Å². The number of halogens is 1. The Kier molecular flexibility index (Phi) is 8.93. The first kappa shape index (κ1) is 24.7. The molecule has 0 spiro atoms. The molecule has 0 fully saturated rings. The van der Waals surface area contributed by atoms with Crippen molar-refractivity contribution in [3.63, 3.8) is 0 Å². The zero-order valence-electron chi connectivity index (χ0n) is 16.8. The Balaban J connectivity index is 2.10. The molecular formula is C21H22BrN3O4S2. The van der Waals surface area contributed by atoms with E-state index in [0.29, 0.717) is 17.0 Å². The van der Waals surface area contributed by atoms with Gasteiger partial charge >= 0.3 is 0 Å². The fourth-order valence-electron chi connectivity index (χ4n) is 2.61. The quantitative estimate of drug-likeness (QED) is 0.382. The molecule has 0 bridgehead atoms. The van der Waals surface area contributed by atoms with Gasteiger partial charge in [0.2, 0.25) is 10.0 Å². The van der Waals surface area contributed by atoms with Gasteiger partial charge in [0.1, 0.15) is 5.75 Å². The molecule has 10 heteroatoms. The van der Waals surface area contributed by atoms with Crippen molar-refractivity contribution in [2.24, 2.45) is 0 Å². The highest BCUT2D eigenvalue weighted by Gasteiger charge is 2.22. The van der Waals surface area contributed by atoms with Crippen LogP contribution in [0.25, 0.3) is 0 Å². The van der Waals surface area contributed by atoms with Crippen LogP contribution in [0.5, 0.6) is 5.75 Å². The molecule has 0 saturated carbocycles. The van der Waals surface area contributed by atoms with Crippen LogP contribution < -0.4 is 15.4 Å². The monoisotopic (exact) mass is 523 g/mol. The normalized spacial score (nSPS) is 10.9. The molecule has 2 aromatic carbocycles. The number of anilines is 1. The standard InChI is InChI=1S/C21H22BrN3O4S2/c1-4-12-25(13-5-2)31(27,28)17-9-7-16(8-10-17)23-21(30)24-20(26)18-14-15(22)6-11-19(18)29-3/h4-11,14H,1-2,12-13H2,3H3,(H2,23,24,26,30). The van der Waals surface area contributed by atoms with Crippen molar-refractivity contribution in [3.8, 4) is 5.75 Å². The van der Waals surface area contributed by atoms with E-state index in [1.807, 2.05) is 0 Å². The maximum absolute atomic E-state index is 12.7. The van der Waals surface area contributed by atoms with Crippen LogP contribution in [0.3, 0.4) is 0 Å². The fraction of sp³-hybridized carbons (Fsp3) is 0.143. The summed E-state index contributed by atoms with van der Waals surface area (Å²) < 4.78 is 32.7. The molecule has 0 aromatic heterocycles. The third kappa shape index (κ3) is 6.47. The second-order valence-electron chi connectivity index (χ2n) is 6.18. The van der Waals surface area contributed by atoms with Crippen molar-refractivity contribution in [3.05, 3.63) is 77.8 Å². The molecule has 0 radical (unpaired) electrons. The van der Waals surface area contributed by atoms with E-state index in [1.165, 1.54) is 35.7 Å². The van der Waals surface area contributed by atoms with Crippen molar-refractivity contribution in [1.29, 1.82) is 0 Å². The Hall–Kier alpha value is -2.53. The van der Waals surface area contributed by atoms with Crippen molar-refractivity contribution in [1.82, 2.24) is 9.62 Å². The lowest BCUT2D eigenvalue weighted by molar-refractivity contribution is 0.0974. The maximum Gasteiger partial charge on any atom is 0.261 e. The van der Waals surface area contributed by atoms with Crippen LogP contribution in [0, 0.1) is 0 Å². The summed E-state index contributed by atoms with van der Waals surface area (Å²) >= 11 is 8.52. The third-order valence-electron chi connectivity index (χ3n) is 4.05. The summed E-state index contributed by atoms with van der Waals surface area (Å²) in [6.45, 7) is 7.52. The Morgan fingerprint density at radius 1 is 1.16 bits per heavy atom. The molecule has 2 aromatic rings. The van der Waals surface area contributed by atoms with Gasteiger partial charge in [0.25, 0.3) is 5.91 Å². The molecule has 2 N–H and O–H groups in total. The number of hydrogen-bond acceptors (Lipinski definition) is 5. The fourth-order valence-corrected chi connectivity index (χ4v) is 4.56. The zero-order valence-corrected chi connectivity index (χ0v) is 20.0.